The molecule has 1 atom stereocenters. The van der Waals surface area contributed by atoms with Gasteiger partial charge < -0.3 is 19.8 Å². The molecule has 148 valence electrons. The molecule has 1 aromatic heterocycles. The summed E-state index contributed by atoms with van der Waals surface area (Å²) in [7, 11) is 1.55. The van der Waals surface area contributed by atoms with E-state index in [0.29, 0.717) is 33.6 Å². The Morgan fingerprint density at radius 1 is 1.39 bits per heavy atom. The number of carbonyl (C=O) groups is 1. The summed E-state index contributed by atoms with van der Waals surface area (Å²) in [6.07, 6.45) is 2.70. The van der Waals surface area contributed by atoms with Gasteiger partial charge in [0.2, 0.25) is 5.91 Å². The highest BCUT2D eigenvalue weighted by Gasteiger charge is 2.33. The van der Waals surface area contributed by atoms with Crippen LogP contribution in [-0.4, -0.2) is 35.3 Å². The molecule has 0 spiro atoms. The number of ether oxygens (including phenoxy) is 2. The number of benzene rings is 1. The van der Waals surface area contributed by atoms with Gasteiger partial charge in [0, 0.05) is 23.7 Å². The van der Waals surface area contributed by atoms with Crippen LogP contribution in [0.3, 0.4) is 0 Å². The number of fused-ring (bicyclic) bond motifs is 1. The van der Waals surface area contributed by atoms with E-state index in [2.05, 4.69) is 28.8 Å². The smallest absolute Gasteiger partial charge is 0.257 e. The first-order valence-corrected chi connectivity index (χ1v) is 10.0. The maximum atomic E-state index is 12.9. The van der Waals surface area contributed by atoms with E-state index in [-0.39, 0.29) is 24.5 Å². The average Bonchev–Trinajstić information content (AvgIpc) is 2.69. The summed E-state index contributed by atoms with van der Waals surface area (Å²) in [5, 5.41) is 3.24. The maximum Gasteiger partial charge on any atom is 0.257 e. The number of aromatic amines is 1. The Morgan fingerprint density at radius 2 is 2.21 bits per heavy atom. The predicted octanol–water partition coefficient (Wildman–Crippen LogP) is 3.32. The van der Waals surface area contributed by atoms with Crippen molar-refractivity contribution in [3.8, 4) is 11.5 Å². The molecule has 2 aromatic rings. The minimum atomic E-state index is -0.486. The molecule has 2 heterocycles. The van der Waals surface area contributed by atoms with E-state index in [4.69, 9.17) is 9.47 Å². The number of para-hydroxylation sites is 1. The lowest BCUT2D eigenvalue weighted by Crippen LogP contribution is -2.31. The average molecular weight is 401 g/mol. The van der Waals surface area contributed by atoms with Crippen LogP contribution in [0.25, 0.3) is 0 Å². The van der Waals surface area contributed by atoms with E-state index in [1.54, 1.807) is 19.3 Å². The molecule has 1 aliphatic rings. The number of carbonyl (C=O) groups excluding carboxylic acids is 1. The molecule has 0 saturated carbocycles. The fourth-order valence-electron chi connectivity index (χ4n) is 3.15. The third-order valence-corrected chi connectivity index (χ3v) is 5.40. The molecule has 0 radical (unpaired) electrons. The Morgan fingerprint density at radius 3 is 2.93 bits per heavy atom. The van der Waals surface area contributed by atoms with E-state index in [0.717, 1.165) is 12.2 Å². The number of hydrogen-bond donors (Lipinski definition) is 2. The van der Waals surface area contributed by atoms with Gasteiger partial charge in [0.05, 0.1) is 12.7 Å². The quantitative estimate of drug-likeness (QED) is 0.400. The van der Waals surface area contributed by atoms with Crippen LogP contribution in [0.5, 0.6) is 11.5 Å². The molecule has 28 heavy (non-hydrogen) atoms. The van der Waals surface area contributed by atoms with Crippen molar-refractivity contribution >= 4 is 23.5 Å². The molecule has 2 N–H and O–H groups in total. The highest BCUT2D eigenvalue weighted by atomic mass is 32.2. The summed E-state index contributed by atoms with van der Waals surface area (Å²) in [4.78, 5) is 32.5. The zero-order valence-corrected chi connectivity index (χ0v) is 16.7. The largest absolute Gasteiger partial charge is 0.493 e. The fourth-order valence-corrected chi connectivity index (χ4v) is 3.87. The number of amides is 1. The van der Waals surface area contributed by atoms with Crippen molar-refractivity contribution in [2.45, 2.75) is 30.8 Å². The van der Waals surface area contributed by atoms with Crippen molar-refractivity contribution in [2.24, 2.45) is 0 Å². The van der Waals surface area contributed by atoms with E-state index >= 15 is 0 Å². The number of thioether (sulfide) groups is 1. The van der Waals surface area contributed by atoms with Crippen molar-refractivity contribution in [3.05, 3.63) is 52.3 Å². The third-order valence-electron chi connectivity index (χ3n) is 4.32. The standard InChI is InChI=1S/C20H23N3O4S/c1-4-9-27-17-12(7-6-8-14(17)26-3)13-11-15(24)21-18-16(13)19(25)23-20(22-18)28-10-5-2/h4,6-8,13H,1,5,9-11H2,2-3H3,(H2,21,22,23,24,25)/t13-/m0/s1. The zero-order valence-electron chi connectivity index (χ0n) is 15.9. The molecule has 0 fully saturated rings. The van der Waals surface area contributed by atoms with Crippen LogP contribution in [0, 0.1) is 0 Å². The molecule has 0 bridgehead atoms. The zero-order chi connectivity index (χ0) is 20.1. The van der Waals surface area contributed by atoms with Gasteiger partial charge in [-0.15, -0.1) is 0 Å². The number of rotatable bonds is 8. The predicted molar refractivity (Wildman–Crippen MR) is 110 cm³/mol. The second kappa shape index (κ2) is 8.97. The molecule has 7 nitrogen and oxygen atoms in total. The number of methoxy groups -OCH3 is 1. The second-order valence-corrected chi connectivity index (χ2v) is 7.35. The van der Waals surface area contributed by atoms with Crippen molar-refractivity contribution < 1.29 is 14.3 Å². The topological polar surface area (TPSA) is 93.3 Å². The van der Waals surface area contributed by atoms with Crippen molar-refractivity contribution in [3.63, 3.8) is 0 Å². The first-order valence-electron chi connectivity index (χ1n) is 9.06. The van der Waals surface area contributed by atoms with Crippen molar-refractivity contribution in [2.75, 3.05) is 24.8 Å². The molecule has 1 amide bonds. The minimum Gasteiger partial charge on any atom is -0.493 e. The lowest BCUT2D eigenvalue weighted by molar-refractivity contribution is -0.116. The molecule has 0 aliphatic carbocycles. The van der Waals surface area contributed by atoms with Gasteiger partial charge in [-0.05, 0) is 12.5 Å². The van der Waals surface area contributed by atoms with Crippen molar-refractivity contribution in [1.82, 2.24) is 9.97 Å². The minimum absolute atomic E-state index is 0.122. The number of aromatic nitrogens is 2. The Kier molecular flexibility index (Phi) is 6.41. The van der Waals surface area contributed by atoms with E-state index in [1.165, 1.54) is 11.8 Å². The molecule has 8 heteroatoms. The van der Waals surface area contributed by atoms with Gasteiger partial charge in [-0.1, -0.05) is 43.5 Å². The highest BCUT2D eigenvalue weighted by molar-refractivity contribution is 7.99. The Labute approximate surface area is 167 Å². The normalized spacial score (nSPS) is 15.5. The lowest BCUT2D eigenvalue weighted by Gasteiger charge is -2.26. The number of hydrogen-bond acceptors (Lipinski definition) is 6. The Balaban J connectivity index is 2.11. The second-order valence-electron chi connectivity index (χ2n) is 6.27. The SMILES string of the molecule is C=CCOc1c(OC)cccc1[C@@H]1CC(=O)Nc2nc(SCCC)[nH]c(=O)c21. The number of anilines is 1. The van der Waals surface area contributed by atoms with Crippen molar-refractivity contribution in [1.29, 1.82) is 0 Å². The van der Waals surface area contributed by atoms with Crippen LogP contribution in [0.2, 0.25) is 0 Å². The molecule has 0 unspecified atom stereocenters. The summed E-state index contributed by atoms with van der Waals surface area (Å²) in [5.74, 6) is 1.49. The van der Waals surface area contributed by atoms with Crippen LogP contribution < -0.4 is 20.3 Å². The van der Waals surface area contributed by atoms with Gasteiger partial charge in [-0.2, -0.15) is 0 Å². The Hall–Kier alpha value is -2.74. The fraction of sp³-hybridized carbons (Fsp3) is 0.350. The molecular formula is C20H23N3O4S. The van der Waals surface area contributed by atoms with E-state index in [9.17, 15) is 9.59 Å². The third kappa shape index (κ3) is 4.06. The van der Waals surface area contributed by atoms with E-state index < -0.39 is 5.92 Å². The van der Waals surface area contributed by atoms with Crippen LogP contribution in [0.4, 0.5) is 5.82 Å². The van der Waals surface area contributed by atoms with Gasteiger partial charge >= 0.3 is 0 Å². The molecular weight excluding hydrogens is 378 g/mol. The summed E-state index contributed by atoms with van der Waals surface area (Å²) >= 11 is 1.45. The number of H-pyrrole nitrogens is 1. The van der Waals surface area contributed by atoms with Gasteiger partial charge in [0.1, 0.15) is 12.4 Å². The first kappa shape index (κ1) is 20.0. The lowest BCUT2D eigenvalue weighted by atomic mass is 9.86. The van der Waals surface area contributed by atoms with Crippen LogP contribution in [-0.2, 0) is 4.79 Å². The molecule has 1 aliphatic heterocycles. The van der Waals surface area contributed by atoms with Gasteiger partial charge in [-0.25, -0.2) is 4.98 Å². The summed E-state index contributed by atoms with van der Waals surface area (Å²) in [6.45, 7) is 6.00. The van der Waals surface area contributed by atoms with Gasteiger partial charge in [0.15, 0.2) is 16.7 Å². The molecule has 3 rings (SSSR count). The van der Waals surface area contributed by atoms with E-state index in [1.807, 2.05) is 12.1 Å². The number of nitrogens with zero attached hydrogens (tertiary/aromatic N) is 1. The summed E-state index contributed by atoms with van der Waals surface area (Å²) in [5.41, 5.74) is 0.877. The van der Waals surface area contributed by atoms with Gasteiger partial charge in [-0.3, -0.25) is 9.59 Å². The summed E-state index contributed by atoms with van der Waals surface area (Å²) in [6, 6.07) is 5.43. The maximum absolute atomic E-state index is 12.9. The van der Waals surface area contributed by atoms with Crippen LogP contribution >= 0.6 is 11.8 Å². The summed E-state index contributed by atoms with van der Waals surface area (Å²) < 4.78 is 11.2. The van der Waals surface area contributed by atoms with Crippen LogP contribution in [0.15, 0.2) is 40.8 Å². The first-order chi connectivity index (χ1) is 13.6. The molecule has 1 aromatic carbocycles. The number of nitrogens with one attached hydrogen (secondary N) is 2. The van der Waals surface area contributed by atoms with Crippen LogP contribution in [0.1, 0.15) is 36.8 Å². The highest BCUT2D eigenvalue weighted by Crippen LogP contribution is 2.42. The monoisotopic (exact) mass is 401 g/mol. The Bertz CT molecular complexity index is 942. The molecule has 0 saturated heterocycles. The van der Waals surface area contributed by atoms with Gasteiger partial charge in [0.25, 0.3) is 5.56 Å².